The molecule has 4 aromatic rings. The number of amides is 1. The van der Waals surface area contributed by atoms with Crippen molar-refractivity contribution in [1.29, 1.82) is 0 Å². The number of thiocarbonyl (C=S) groups is 1. The van der Waals surface area contributed by atoms with E-state index in [0.29, 0.717) is 5.69 Å². The van der Waals surface area contributed by atoms with Crippen LogP contribution < -0.4 is 11.1 Å². The first kappa shape index (κ1) is 23.1. The van der Waals surface area contributed by atoms with Crippen LogP contribution in [0.1, 0.15) is 42.5 Å². The third-order valence-electron chi connectivity index (χ3n) is 6.17. The Bertz CT molecular complexity index is 1450. The van der Waals surface area contributed by atoms with Gasteiger partial charge < -0.3 is 10.6 Å². The maximum atomic E-state index is 12.1. The zero-order valence-corrected chi connectivity index (χ0v) is 20.9. The van der Waals surface area contributed by atoms with Crippen molar-refractivity contribution in [2.75, 3.05) is 13.2 Å². The van der Waals surface area contributed by atoms with E-state index in [9.17, 15) is 4.79 Å². The number of nitrogens with two attached hydrogens (primary N) is 1. The lowest BCUT2D eigenvalue weighted by Crippen LogP contribution is -2.24. The Morgan fingerprint density at radius 2 is 1.91 bits per heavy atom. The Kier molecular flexibility index (Phi) is 5.86. The lowest BCUT2D eigenvalue weighted by molar-refractivity contribution is 0.0996. The van der Waals surface area contributed by atoms with Crippen molar-refractivity contribution in [3.8, 4) is 17.1 Å². The molecule has 3 N–H and O–H groups in total. The van der Waals surface area contributed by atoms with Gasteiger partial charge in [0, 0.05) is 23.9 Å². The Balaban J connectivity index is 1.69. The number of primary amides is 1. The van der Waals surface area contributed by atoms with Crippen molar-refractivity contribution in [1.82, 2.24) is 25.0 Å². The lowest BCUT2D eigenvalue weighted by atomic mass is 9.92. The molecule has 1 saturated heterocycles. The SMILES string of the molecule is CC(C)(C)c1cc(-c2nc(C(N)=O)cc3ccccc23)n(-c2cccc(CN3CNCC3=S)c2)n1. The van der Waals surface area contributed by atoms with Gasteiger partial charge in [-0.05, 0) is 35.2 Å². The number of nitrogens with zero attached hydrogens (tertiary/aromatic N) is 4. The largest absolute Gasteiger partial charge is 0.364 e. The average Bonchev–Trinajstić information content (AvgIpc) is 3.45. The molecule has 5 rings (SSSR count). The Morgan fingerprint density at radius 3 is 2.63 bits per heavy atom. The summed E-state index contributed by atoms with van der Waals surface area (Å²) >= 11 is 5.47. The fourth-order valence-corrected chi connectivity index (χ4v) is 4.51. The molecule has 0 spiro atoms. The van der Waals surface area contributed by atoms with Crippen LogP contribution >= 0.6 is 12.2 Å². The second-order valence-corrected chi connectivity index (χ2v) is 10.3. The monoisotopic (exact) mass is 484 g/mol. The van der Waals surface area contributed by atoms with Crippen LogP contribution in [0.3, 0.4) is 0 Å². The summed E-state index contributed by atoms with van der Waals surface area (Å²) in [6.07, 6.45) is 0. The lowest BCUT2D eigenvalue weighted by Gasteiger charge is -2.18. The molecule has 2 aromatic heterocycles. The van der Waals surface area contributed by atoms with Gasteiger partial charge in [0.05, 0.1) is 34.4 Å². The van der Waals surface area contributed by atoms with Crippen molar-refractivity contribution >= 4 is 33.9 Å². The first-order chi connectivity index (χ1) is 16.7. The maximum absolute atomic E-state index is 12.1. The molecule has 7 nitrogen and oxygen atoms in total. The van der Waals surface area contributed by atoms with Crippen LogP contribution in [0, 0.1) is 0 Å². The van der Waals surface area contributed by atoms with E-state index in [-0.39, 0.29) is 11.1 Å². The molecule has 2 aromatic carbocycles. The van der Waals surface area contributed by atoms with Gasteiger partial charge in [-0.1, -0.05) is 69.4 Å². The molecule has 1 amide bonds. The highest BCUT2D eigenvalue weighted by molar-refractivity contribution is 7.80. The summed E-state index contributed by atoms with van der Waals surface area (Å²) in [5.41, 5.74) is 10.2. The molecule has 178 valence electrons. The van der Waals surface area contributed by atoms with Crippen LogP contribution in [-0.4, -0.2) is 43.8 Å². The number of hydrogen-bond donors (Lipinski definition) is 2. The molecular weight excluding hydrogens is 456 g/mol. The van der Waals surface area contributed by atoms with Gasteiger partial charge in [-0.3, -0.25) is 10.1 Å². The maximum Gasteiger partial charge on any atom is 0.267 e. The molecule has 0 atom stereocenters. The highest BCUT2D eigenvalue weighted by Gasteiger charge is 2.24. The van der Waals surface area contributed by atoms with Crippen molar-refractivity contribution in [2.24, 2.45) is 5.73 Å². The van der Waals surface area contributed by atoms with Crippen LogP contribution in [0.4, 0.5) is 0 Å². The van der Waals surface area contributed by atoms with Crippen LogP contribution in [-0.2, 0) is 12.0 Å². The number of nitrogens with one attached hydrogen (secondary N) is 1. The molecular formula is C27H28N6OS. The number of fused-ring (bicyclic) bond motifs is 1. The molecule has 0 radical (unpaired) electrons. The number of carbonyl (C=O) groups excluding carboxylic acids is 1. The number of benzene rings is 2. The zero-order valence-electron chi connectivity index (χ0n) is 20.1. The van der Waals surface area contributed by atoms with E-state index in [1.165, 1.54) is 0 Å². The normalized spacial score (nSPS) is 14.1. The van der Waals surface area contributed by atoms with E-state index >= 15 is 0 Å². The van der Waals surface area contributed by atoms with Gasteiger partial charge in [-0.25, -0.2) is 9.67 Å². The number of aromatic nitrogens is 3. The second kappa shape index (κ2) is 8.87. The topological polar surface area (TPSA) is 89.1 Å². The van der Waals surface area contributed by atoms with Gasteiger partial charge in [0.1, 0.15) is 5.69 Å². The Labute approximate surface area is 210 Å². The molecule has 8 heteroatoms. The minimum atomic E-state index is -0.559. The van der Waals surface area contributed by atoms with Gasteiger partial charge in [-0.2, -0.15) is 5.10 Å². The van der Waals surface area contributed by atoms with Gasteiger partial charge in [0.15, 0.2) is 0 Å². The van der Waals surface area contributed by atoms with Crippen LogP contribution in [0.2, 0.25) is 0 Å². The molecule has 1 fully saturated rings. The number of hydrogen-bond acceptors (Lipinski definition) is 5. The summed E-state index contributed by atoms with van der Waals surface area (Å²) in [7, 11) is 0. The zero-order chi connectivity index (χ0) is 24.7. The van der Waals surface area contributed by atoms with Crippen molar-refractivity contribution in [3.63, 3.8) is 0 Å². The number of pyridine rings is 1. The van der Waals surface area contributed by atoms with Crippen molar-refractivity contribution in [3.05, 3.63) is 77.6 Å². The summed E-state index contributed by atoms with van der Waals surface area (Å²) in [4.78, 5) is 19.9. The second-order valence-electron chi connectivity index (χ2n) is 9.86. The summed E-state index contributed by atoms with van der Waals surface area (Å²) in [5.74, 6) is -0.559. The number of carbonyl (C=O) groups is 1. The average molecular weight is 485 g/mol. The van der Waals surface area contributed by atoms with Crippen molar-refractivity contribution < 1.29 is 4.79 Å². The smallest absolute Gasteiger partial charge is 0.267 e. The summed E-state index contributed by atoms with van der Waals surface area (Å²) in [6, 6.07) is 20.0. The summed E-state index contributed by atoms with van der Waals surface area (Å²) in [6.45, 7) is 8.61. The highest BCUT2D eigenvalue weighted by atomic mass is 32.1. The van der Waals surface area contributed by atoms with Gasteiger partial charge in [0.25, 0.3) is 5.91 Å². The quantitative estimate of drug-likeness (QED) is 0.413. The van der Waals surface area contributed by atoms with Crippen LogP contribution in [0.25, 0.3) is 27.8 Å². The van der Waals surface area contributed by atoms with E-state index in [2.05, 4.69) is 49.2 Å². The third kappa shape index (κ3) is 4.54. The number of rotatable bonds is 5. The summed E-state index contributed by atoms with van der Waals surface area (Å²) < 4.78 is 1.92. The highest BCUT2D eigenvalue weighted by Crippen LogP contribution is 2.33. The summed E-state index contributed by atoms with van der Waals surface area (Å²) in [5, 5.41) is 10.1. The Morgan fingerprint density at radius 1 is 1.11 bits per heavy atom. The van der Waals surface area contributed by atoms with Gasteiger partial charge >= 0.3 is 0 Å². The predicted molar refractivity (Wildman–Crippen MR) is 143 cm³/mol. The first-order valence-electron chi connectivity index (χ1n) is 11.6. The Hall–Kier alpha value is -3.62. The van der Waals surface area contributed by atoms with Crippen LogP contribution in [0.15, 0.2) is 60.7 Å². The third-order valence-corrected chi connectivity index (χ3v) is 6.58. The van der Waals surface area contributed by atoms with E-state index in [1.807, 2.05) is 41.1 Å². The van der Waals surface area contributed by atoms with E-state index in [4.69, 9.17) is 28.0 Å². The minimum absolute atomic E-state index is 0.178. The molecule has 0 unspecified atom stereocenters. The predicted octanol–water partition coefficient (Wildman–Crippen LogP) is 4.17. The molecule has 1 aliphatic heterocycles. The minimum Gasteiger partial charge on any atom is -0.364 e. The molecule has 0 aliphatic carbocycles. The fraction of sp³-hybridized carbons (Fsp3) is 0.259. The molecule has 0 bridgehead atoms. The van der Waals surface area contributed by atoms with Crippen LogP contribution in [0.5, 0.6) is 0 Å². The molecule has 1 aliphatic rings. The standard InChI is InChI=1S/C27H28N6OS/c1-27(2,3)23-13-22(25-20-10-5-4-8-18(20)12-21(30-25)26(28)34)33(31-23)19-9-6-7-17(11-19)15-32-16-29-14-24(32)35/h4-13,29H,14-16H2,1-3H3,(H2,28,34). The molecule has 35 heavy (non-hydrogen) atoms. The van der Waals surface area contributed by atoms with Gasteiger partial charge in [0.2, 0.25) is 0 Å². The fourth-order valence-electron chi connectivity index (χ4n) is 4.28. The van der Waals surface area contributed by atoms with E-state index in [1.54, 1.807) is 6.07 Å². The van der Waals surface area contributed by atoms with E-state index < -0.39 is 5.91 Å². The molecule has 0 saturated carbocycles. The van der Waals surface area contributed by atoms with Crippen molar-refractivity contribution in [2.45, 2.75) is 32.7 Å². The first-order valence-corrected chi connectivity index (χ1v) is 12.0. The van der Waals surface area contributed by atoms with E-state index in [0.717, 1.165) is 58.2 Å². The van der Waals surface area contributed by atoms with Gasteiger partial charge in [-0.15, -0.1) is 0 Å². The molecule has 3 heterocycles.